The van der Waals surface area contributed by atoms with E-state index < -0.39 is 35.4 Å². The van der Waals surface area contributed by atoms with Crippen LogP contribution in [-0.2, 0) is 21.8 Å². The van der Waals surface area contributed by atoms with E-state index in [-0.39, 0.29) is 22.5 Å². The number of carboxylic acids is 1. The van der Waals surface area contributed by atoms with Crippen molar-refractivity contribution in [3.63, 3.8) is 0 Å². The number of carbonyl (C=O) groups is 2. The number of amides is 1. The van der Waals surface area contributed by atoms with Crippen molar-refractivity contribution in [2.24, 2.45) is 0 Å². The van der Waals surface area contributed by atoms with Gasteiger partial charge in [-0.1, -0.05) is 24.0 Å². The van der Waals surface area contributed by atoms with E-state index in [0.29, 0.717) is 75.6 Å². The summed E-state index contributed by atoms with van der Waals surface area (Å²) in [6, 6.07) is 20.5. The van der Waals surface area contributed by atoms with Gasteiger partial charge in [-0.2, -0.15) is 26.3 Å². The molecule has 0 aliphatic carbocycles. The molecule has 0 spiro atoms. The lowest BCUT2D eigenvalue weighted by atomic mass is 10.1. The third-order valence-corrected chi connectivity index (χ3v) is 8.16. The summed E-state index contributed by atoms with van der Waals surface area (Å²) in [4.78, 5) is 26.4. The van der Waals surface area contributed by atoms with Gasteiger partial charge in [0, 0.05) is 65.6 Å². The molecule has 2 aliphatic rings. The number of hydrogen-bond donors (Lipinski definition) is 3. The minimum Gasteiger partial charge on any atom is -0.478 e. The predicted octanol–water partition coefficient (Wildman–Crippen LogP) is 7.27. The molecule has 4 aromatic rings. The molecule has 0 bridgehead atoms. The largest absolute Gasteiger partial charge is 0.478 e. The quantitative estimate of drug-likeness (QED) is 0.110. The molecule has 6 rings (SSSR count). The van der Waals surface area contributed by atoms with Gasteiger partial charge in [0.05, 0.1) is 43.1 Å². The summed E-state index contributed by atoms with van der Waals surface area (Å²) in [5, 5.41) is 11.4. The summed E-state index contributed by atoms with van der Waals surface area (Å²) in [5.74, 6) is 2.91. The van der Waals surface area contributed by atoms with Gasteiger partial charge >= 0.3 is 18.3 Å². The molecule has 2 fully saturated rings. The van der Waals surface area contributed by atoms with Crippen LogP contribution in [0.3, 0.4) is 0 Å². The summed E-state index contributed by atoms with van der Waals surface area (Å²) in [5.41, 5.74) is 5.80. The number of carbonyl (C=O) groups excluding carboxylic acids is 1. The van der Waals surface area contributed by atoms with Crippen molar-refractivity contribution >= 4 is 34.6 Å². The first-order valence-corrected chi connectivity index (χ1v) is 16.6. The van der Waals surface area contributed by atoms with Crippen molar-refractivity contribution in [2.45, 2.75) is 12.4 Å². The van der Waals surface area contributed by atoms with Crippen LogP contribution in [0.4, 0.5) is 49.1 Å². The Hall–Kier alpha value is -6.16. The summed E-state index contributed by atoms with van der Waals surface area (Å²) < 4.78 is 90.0. The van der Waals surface area contributed by atoms with Gasteiger partial charge in [0.15, 0.2) is 0 Å². The number of halogens is 6. The third-order valence-electron chi connectivity index (χ3n) is 8.16. The van der Waals surface area contributed by atoms with Crippen LogP contribution in [0.2, 0.25) is 0 Å². The van der Waals surface area contributed by atoms with Crippen LogP contribution in [0, 0.1) is 24.7 Å². The normalized spacial score (nSPS) is 14.2. The number of aromatic carboxylic acids is 1. The Morgan fingerprint density at radius 3 is 1.56 bits per heavy atom. The van der Waals surface area contributed by atoms with E-state index in [1.54, 1.807) is 46.2 Å². The van der Waals surface area contributed by atoms with Crippen LogP contribution in [-0.4, -0.2) is 69.6 Å². The van der Waals surface area contributed by atoms with E-state index in [0.717, 1.165) is 11.6 Å². The minimum atomic E-state index is -4.58. The van der Waals surface area contributed by atoms with Crippen LogP contribution >= 0.6 is 0 Å². The second-order valence-electron chi connectivity index (χ2n) is 11.9. The molecule has 9 nitrogen and oxygen atoms in total. The van der Waals surface area contributed by atoms with Crippen LogP contribution in [0.5, 0.6) is 0 Å². The number of alkyl halides is 6. The Balaban J connectivity index is 0.000000207. The molecule has 55 heavy (non-hydrogen) atoms. The number of nitrogen functional groups attached to an aromatic ring is 1. The van der Waals surface area contributed by atoms with Gasteiger partial charge in [0.25, 0.3) is 5.91 Å². The molecule has 0 unspecified atom stereocenters. The molecular weight excluding hydrogens is 730 g/mol. The smallest absolute Gasteiger partial charge is 0.418 e. The number of nitrogens with one attached hydrogen (secondary N) is 1. The van der Waals surface area contributed by atoms with E-state index in [9.17, 15) is 35.9 Å². The fourth-order valence-electron chi connectivity index (χ4n) is 5.48. The maximum Gasteiger partial charge on any atom is 0.418 e. The van der Waals surface area contributed by atoms with E-state index in [2.05, 4.69) is 17.2 Å². The highest BCUT2D eigenvalue weighted by atomic mass is 19.4. The van der Waals surface area contributed by atoms with Crippen molar-refractivity contribution in [1.82, 2.24) is 0 Å². The first kappa shape index (κ1) is 41.6. The van der Waals surface area contributed by atoms with Crippen molar-refractivity contribution in [1.29, 1.82) is 0 Å². The van der Waals surface area contributed by atoms with Crippen molar-refractivity contribution in [2.75, 3.05) is 73.5 Å². The van der Waals surface area contributed by atoms with E-state index >= 15 is 0 Å². The molecule has 15 heteroatoms. The second kappa shape index (κ2) is 18.7. The molecule has 0 aromatic heterocycles. The summed E-state index contributed by atoms with van der Waals surface area (Å²) in [6.07, 6.45) is 1.27. The van der Waals surface area contributed by atoms with Crippen molar-refractivity contribution in [3.05, 3.63) is 118 Å². The number of morpholine rings is 2. The Bertz CT molecular complexity index is 2040. The Labute approximate surface area is 313 Å². The molecule has 0 radical (unpaired) electrons. The van der Waals surface area contributed by atoms with Gasteiger partial charge in [-0.25, -0.2) is 4.79 Å². The average Bonchev–Trinajstić information content (AvgIpc) is 3.18. The molecule has 0 atom stereocenters. The van der Waals surface area contributed by atoms with Gasteiger partial charge in [0.1, 0.15) is 0 Å². The van der Waals surface area contributed by atoms with Crippen molar-refractivity contribution < 1.29 is 50.5 Å². The van der Waals surface area contributed by atoms with Gasteiger partial charge in [0.2, 0.25) is 0 Å². The zero-order chi connectivity index (χ0) is 40.2. The highest BCUT2D eigenvalue weighted by Gasteiger charge is 2.37. The average molecular weight is 767 g/mol. The molecule has 0 saturated carbocycles. The topological polar surface area (TPSA) is 117 Å². The fourth-order valence-corrected chi connectivity index (χ4v) is 5.48. The SMILES string of the molecule is C#Cc1cccc(N)c1.C#Cc1cccc(NC(=O)c2ccc(N3CCOCC3)c(C(F)(F)F)c2)c1.O=C(O)c1ccc(N2CCOCC2)c(C(F)(F)F)c1. The number of hydrogen-bond acceptors (Lipinski definition) is 7. The lowest BCUT2D eigenvalue weighted by Gasteiger charge is -2.31. The predicted molar refractivity (Wildman–Crippen MR) is 197 cm³/mol. The number of terminal acetylenes is 2. The van der Waals surface area contributed by atoms with Crippen LogP contribution < -0.4 is 20.9 Å². The molecule has 4 N–H and O–H groups in total. The lowest BCUT2D eigenvalue weighted by molar-refractivity contribution is -0.138. The lowest BCUT2D eigenvalue weighted by Crippen LogP contribution is -2.37. The van der Waals surface area contributed by atoms with Gasteiger partial charge in [-0.3, -0.25) is 4.79 Å². The number of nitrogens with zero attached hydrogens (tertiary/aromatic N) is 2. The van der Waals surface area contributed by atoms with Crippen LogP contribution in [0.25, 0.3) is 0 Å². The van der Waals surface area contributed by atoms with Crippen LogP contribution in [0.1, 0.15) is 43.0 Å². The summed E-state index contributed by atoms with van der Waals surface area (Å²) in [7, 11) is 0. The standard InChI is InChI=1S/C20H17F3N2O2.C12H12F3NO3.C8H7N/c1-2-14-4-3-5-16(12-14)24-19(26)15-6-7-18(17(13-15)20(21,22)23)25-8-10-27-11-9-25;13-12(14,15)9-7-8(11(17)18)1-2-10(9)16-3-5-19-6-4-16;1-2-7-4-3-5-8(9)6-7/h1,3-7,12-13H,8-11H2,(H,24,26);1-2,7H,3-6H2,(H,17,18);1,3-6H,9H2. The highest BCUT2D eigenvalue weighted by Crippen LogP contribution is 2.39. The first-order valence-electron chi connectivity index (χ1n) is 16.6. The molecule has 2 heterocycles. The maximum atomic E-state index is 13.6. The fraction of sp³-hybridized carbons (Fsp3) is 0.250. The second-order valence-corrected chi connectivity index (χ2v) is 11.9. The molecule has 2 saturated heterocycles. The highest BCUT2D eigenvalue weighted by molar-refractivity contribution is 6.04. The molecular formula is C40H36F6N4O5. The van der Waals surface area contributed by atoms with Crippen LogP contribution in [0.15, 0.2) is 84.9 Å². The van der Waals surface area contributed by atoms with E-state index in [1.807, 2.05) is 12.1 Å². The number of ether oxygens (including phenoxy) is 2. The maximum absolute atomic E-state index is 13.6. The zero-order valence-electron chi connectivity index (χ0n) is 29.2. The molecule has 2 aliphatic heterocycles. The number of carboxylic acid groups (broad SMARTS) is 1. The third kappa shape index (κ3) is 11.9. The Kier molecular flexibility index (Phi) is 14.2. The van der Waals surface area contributed by atoms with Crippen molar-refractivity contribution in [3.8, 4) is 24.7 Å². The molecule has 4 aromatic carbocycles. The minimum absolute atomic E-state index is 0.000741. The monoisotopic (exact) mass is 766 g/mol. The molecule has 1 amide bonds. The number of benzene rings is 4. The number of rotatable bonds is 5. The number of anilines is 4. The summed E-state index contributed by atoms with van der Waals surface area (Å²) in [6.45, 7) is 2.90. The summed E-state index contributed by atoms with van der Waals surface area (Å²) >= 11 is 0. The first-order chi connectivity index (χ1) is 26.1. The van der Waals surface area contributed by atoms with Gasteiger partial charge in [-0.05, 0) is 72.8 Å². The Morgan fingerprint density at radius 2 is 1.13 bits per heavy atom. The van der Waals surface area contributed by atoms with E-state index in [1.165, 1.54) is 24.3 Å². The Morgan fingerprint density at radius 1 is 0.673 bits per heavy atom. The zero-order valence-corrected chi connectivity index (χ0v) is 29.2. The molecule has 288 valence electrons. The van der Waals surface area contributed by atoms with E-state index in [4.69, 9.17) is 33.2 Å². The van der Waals surface area contributed by atoms with Gasteiger partial charge < -0.3 is 35.4 Å². The van der Waals surface area contributed by atoms with Gasteiger partial charge in [-0.15, -0.1) is 12.8 Å². The number of nitrogens with two attached hydrogens (primary N) is 1.